The summed E-state index contributed by atoms with van der Waals surface area (Å²) in [5, 5.41) is 0.767. The van der Waals surface area contributed by atoms with Crippen molar-refractivity contribution < 1.29 is 13.2 Å². The Bertz CT molecular complexity index is 1050. The van der Waals surface area contributed by atoms with E-state index >= 15 is 0 Å². The highest BCUT2D eigenvalue weighted by atomic mass is 32.2. The summed E-state index contributed by atoms with van der Waals surface area (Å²) in [5.41, 5.74) is 0.745. The number of hydrogen-bond donors (Lipinski definition) is 0. The Kier molecular flexibility index (Phi) is 4.70. The summed E-state index contributed by atoms with van der Waals surface area (Å²) >= 11 is 0. The number of anilines is 1. The van der Waals surface area contributed by atoms with E-state index in [9.17, 15) is 8.42 Å². The lowest BCUT2D eigenvalue weighted by molar-refractivity contribution is 0.171. The Balaban J connectivity index is 1.55. The van der Waals surface area contributed by atoms with Crippen LogP contribution in [0.1, 0.15) is 12.8 Å². The second kappa shape index (κ2) is 7.15. The Morgan fingerprint density at radius 2 is 1.78 bits per heavy atom. The third-order valence-electron chi connectivity index (χ3n) is 4.80. The molecule has 7 heteroatoms. The molecule has 0 amide bonds. The van der Waals surface area contributed by atoms with Crippen molar-refractivity contribution in [1.29, 1.82) is 0 Å². The SMILES string of the molecule is CS(=O)(=O)c1ccc2ncnc(N3CCC(Oc4ccccc4)CC3)c2c1. The first-order valence-corrected chi connectivity index (χ1v) is 10.8. The van der Waals surface area contributed by atoms with Crippen molar-refractivity contribution in [1.82, 2.24) is 9.97 Å². The minimum Gasteiger partial charge on any atom is -0.490 e. The molecule has 1 aliphatic heterocycles. The molecule has 3 aromatic rings. The fourth-order valence-electron chi connectivity index (χ4n) is 3.38. The van der Waals surface area contributed by atoms with Crippen LogP contribution in [0.3, 0.4) is 0 Å². The van der Waals surface area contributed by atoms with Crippen molar-refractivity contribution >= 4 is 26.6 Å². The summed E-state index contributed by atoms with van der Waals surface area (Å²) < 4.78 is 29.9. The average Bonchev–Trinajstić information content (AvgIpc) is 2.68. The van der Waals surface area contributed by atoms with E-state index in [1.165, 1.54) is 12.6 Å². The predicted octanol–water partition coefficient (Wildman–Crippen LogP) is 3.08. The summed E-state index contributed by atoms with van der Waals surface area (Å²) in [4.78, 5) is 11.2. The second-order valence-corrected chi connectivity index (χ2v) is 8.78. The van der Waals surface area contributed by atoms with E-state index < -0.39 is 9.84 Å². The highest BCUT2D eigenvalue weighted by molar-refractivity contribution is 7.90. The zero-order chi connectivity index (χ0) is 18.9. The fraction of sp³-hybridized carbons (Fsp3) is 0.300. The molecule has 0 unspecified atom stereocenters. The van der Waals surface area contributed by atoms with E-state index in [4.69, 9.17) is 4.74 Å². The highest BCUT2D eigenvalue weighted by Gasteiger charge is 2.23. The van der Waals surface area contributed by atoms with Gasteiger partial charge in [0.1, 0.15) is 24.0 Å². The Morgan fingerprint density at radius 3 is 2.48 bits per heavy atom. The van der Waals surface area contributed by atoms with Gasteiger partial charge in [0.2, 0.25) is 0 Å². The van der Waals surface area contributed by atoms with Crippen molar-refractivity contribution in [3.63, 3.8) is 0 Å². The molecule has 0 radical (unpaired) electrons. The number of benzene rings is 2. The van der Waals surface area contributed by atoms with Crippen LogP contribution in [0.25, 0.3) is 10.9 Å². The van der Waals surface area contributed by atoms with Crippen LogP contribution in [-0.2, 0) is 9.84 Å². The zero-order valence-corrected chi connectivity index (χ0v) is 15.9. The number of sulfone groups is 1. The molecule has 1 saturated heterocycles. The van der Waals surface area contributed by atoms with E-state index in [0.29, 0.717) is 0 Å². The van der Waals surface area contributed by atoms with Crippen molar-refractivity contribution in [2.75, 3.05) is 24.2 Å². The van der Waals surface area contributed by atoms with Crippen molar-refractivity contribution in [2.45, 2.75) is 23.8 Å². The number of aromatic nitrogens is 2. The van der Waals surface area contributed by atoms with Crippen LogP contribution in [0.2, 0.25) is 0 Å². The van der Waals surface area contributed by atoms with Gasteiger partial charge in [0.05, 0.1) is 10.4 Å². The maximum atomic E-state index is 11.9. The van der Waals surface area contributed by atoms with Gasteiger partial charge in [-0.25, -0.2) is 18.4 Å². The molecule has 0 N–H and O–H groups in total. The molecule has 1 fully saturated rings. The molecule has 4 rings (SSSR count). The zero-order valence-electron chi connectivity index (χ0n) is 15.1. The van der Waals surface area contributed by atoms with Crippen LogP contribution < -0.4 is 9.64 Å². The Morgan fingerprint density at radius 1 is 1.04 bits per heavy atom. The van der Waals surface area contributed by atoms with Gasteiger partial charge in [-0.05, 0) is 30.3 Å². The standard InChI is InChI=1S/C20H21N3O3S/c1-27(24,25)17-7-8-19-18(13-17)20(22-14-21-19)23-11-9-16(10-12-23)26-15-5-3-2-4-6-15/h2-8,13-14,16H,9-12H2,1H3. The summed E-state index contributed by atoms with van der Waals surface area (Å²) in [6.45, 7) is 1.60. The molecule has 0 spiro atoms. The smallest absolute Gasteiger partial charge is 0.175 e. The van der Waals surface area contributed by atoms with E-state index in [1.54, 1.807) is 18.2 Å². The first-order valence-electron chi connectivity index (χ1n) is 8.92. The second-order valence-electron chi connectivity index (χ2n) is 6.77. The highest BCUT2D eigenvalue weighted by Crippen LogP contribution is 2.28. The lowest BCUT2D eigenvalue weighted by Gasteiger charge is -2.33. The van der Waals surface area contributed by atoms with Crippen LogP contribution >= 0.6 is 0 Å². The summed E-state index contributed by atoms with van der Waals surface area (Å²) in [7, 11) is -3.28. The average molecular weight is 383 g/mol. The third-order valence-corrected chi connectivity index (χ3v) is 5.91. The summed E-state index contributed by atoms with van der Waals surface area (Å²) in [6.07, 6.45) is 4.68. The van der Waals surface area contributed by atoms with E-state index in [0.717, 1.165) is 48.4 Å². The minimum absolute atomic E-state index is 0.170. The largest absolute Gasteiger partial charge is 0.490 e. The normalized spacial score (nSPS) is 15.8. The molecule has 0 atom stereocenters. The number of nitrogens with zero attached hydrogens (tertiary/aromatic N) is 3. The molecule has 1 aromatic heterocycles. The number of para-hydroxylation sites is 1. The van der Waals surface area contributed by atoms with Crippen molar-refractivity contribution in [2.24, 2.45) is 0 Å². The van der Waals surface area contributed by atoms with E-state index in [-0.39, 0.29) is 11.0 Å². The Hall–Kier alpha value is -2.67. The molecule has 0 saturated carbocycles. The van der Waals surface area contributed by atoms with Gasteiger partial charge in [0, 0.05) is 37.6 Å². The molecule has 0 bridgehead atoms. The maximum Gasteiger partial charge on any atom is 0.175 e. The molecular weight excluding hydrogens is 362 g/mol. The van der Waals surface area contributed by atoms with Crippen molar-refractivity contribution in [3.8, 4) is 5.75 Å². The van der Waals surface area contributed by atoms with Gasteiger partial charge in [0.15, 0.2) is 9.84 Å². The van der Waals surface area contributed by atoms with Crippen LogP contribution in [-0.4, -0.2) is 43.8 Å². The van der Waals surface area contributed by atoms with Gasteiger partial charge in [-0.1, -0.05) is 18.2 Å². The van der Waals surface area contributed by atoms with Crippen LogP contribution in [0.5, 0.6) is 5.75 Å². The lowest BCUT2D eigenvalue weighted by Crippen LogP contribution is -2.38. The number of piperidine rings is 1. The fourth-order valence-corrected chi connectivity index (χ4v) is 4.03. The summed E-state index contributed by atoms with van der Waals surface area (Å²) in [5.74, 6) is 1.67. The molecule has 27 heavy (non-hydrogen) atoms. The van der Waals surface area contributed by atoms with Crippen molar-refractivity contribution in [3.05, 3.63) is 54.9 Å². The number of fused-ring (bicyclic) bond motifs is 1. The van der Waals surface area contributed by atoms with Gasteiger partial charge in [0.25, 0.3) is 0 Å². The molecule has 2 heterocycles. The number of rotatable bonds is 4. The van der Waals surface area contributed by atoms with Gasteiger partial charge < -0.3 is 9.64 Å². The molecule has 1 aliphatic rings. The summed E-state index contributed by atoms with van der Waals surface area (Å²) in [6, 6.07) is 14.9. The van der Waals surface area contributed by atoms with Gasteiger partial charge >= 0.3 is 0 Å². The maximum absolute atomic E-state index is 11.9. The predicted molar refractivity (Wildman–Crippen MR) is 105 cm³/mol. The molecular formula is C20H21N3O3S. The quantitative estimate of drug-likeness (QED) is 0.689. The Labute approximate surface area is 158 Å². The minimum atomic E-state index is -3.28. The van der Waals surface area contributed by atoms with Crippen LogP contribution in [0.15, 0.2) is 59.8 Å². The number of ether oxygens (including phenoxy) is 1. The van der Waals surface area contributed by atoms with Gasteiger partial charge in [-0.15, -0.1) is 0 Å². The molecule has 6 nitrogen and oxygen atoms in total. The molecule has 140 valence electrons. The third kappa shape index (κ3) is 3.88. The van der Waals surface area contributed by atoms with E-state index in [2.05, 4.69) is 14.9 Å². The van der Waals surface area contributed by atoms with E-state index in [1.807, 2.05) is 30.3 Å². The monoisotopic (exact) mass is 383 g/mol. The van der Waals surface area contributed by atoms with Gasteiger partial charge in [-0.3, -0.25) is 0 Å². The first-order chi connectivity index (χ1) is 13.0. The van der Waals surface area contributed by atoms with Gasteiger partial charge in [-0.2, -0.15) is 0 Å². The topological polar surface area (TPSA) is 72.4 Å². The lowest BCUT2D eigenvalue weighted by atomic mass is 10.1. The van der Waals surface area contributed by atoms with Crippen LogP contribution in [0.4, 0.5) is 5.82 Å². The molecule has 0 aliphatic carbocycles. The molecule has 2 aromatic carbocycles. The van der Waals surface area contributed by atoms with Crippen LogP contribution in [0, 0.1) is 0 Å². The number of hydrogen-bond acceptors (Lipinski definition) is 6. The first kappa shape index (κ1) is 17.7.